The number of hydrogen-bond acceptors (Lipinski definition) is 5. The smallest absolute Gasteiger partial charge is 0.256 e. The fourth-order valence-corrected chi connectivity index (χ4v) is 3.95. The van der Waals surface area contributed by atoms with Gasteiger partial charge in [0, 0.05) is 31.1 Å². The van der Waals surface area contributed by atoms with Crippen LogP contribution in [0.4, 0.5) is 5.69 Å². The molecule has 1 aromatic carbocycles. The number of nitrogens with one attached hydrogen (secondary N) is 1. The van der Waals surface area contributed by atoms with Crippen molar-refractivity contribution in [3.05, 3.63) is 17.7 Å². The van der Waals surface area contributed by atoms with Crippen LogP contribution in [0, 0.1) is 5.92 Å². The Morgan fingerprint density at radius 2 is 1.71 bits per heavy atom. The van der Waals surface area contributed by atoms with Gasteiger partial charge in [-0.15, -0.1) is 12.4 Å². The second-order valence-electron chi connectivity index (χ2n) is 7.36. The molecule has 28 heavy (non-hydrogen) atoms. The highest BCUT2D eigenvalue weighted by molar-refractivity contribution is 6.05. The van der Waals surface area contributed by atoms with Crippen molar-refractivity contribution in [2.24, 2.45) is 11.7 Å². The van der Waals surface area contributed by atoms with Gasteiger partial charge >= 0.3 is 0 Å². The Balaban J connectivity index is 0.00000280. The lowest BCUT2D eigenvalue weighted by Gasteiger charge is -2.26. The fourth-order valence-electron chi connectivity index (χ4n) is 3.95. The van der Waals surface area contributed by atoms with Crippen molar-refractivity contribution in [2.75, 3.05) is 32.6 Å². The highest BCUT2D eigenvalue weighted by atomic mass is 35.5. The molecule has 1 heterocycles. The standard InChI is InChI=1S/C20H29N3O4.ClH/c1-26-17-11-15(20(25)23-8-3-4-9-23)16(12-18(17)27-2)22-19(24)13-6-5-7-14(21)10-13;/h11-14H,3-10,21H2,1-2H3,(H,22,24);1H. The molecule has 156 valence electrons. The first-order chi connectivity index (χ1) is 13.0. The Hall–Kier alpha value is -1.99. The van der Waals surface area contributed by atoms with E-state index in [0.717, 1.165) is 45.2 Å². The zero-order chi connectivity index (χ0) is 19.4. The third-order valence-corrected chi connectivity index (χ3v) is 5.49. The number of halogens is 1. The molecule has 3 N–H and O–H groups in total. The molecule has 2 atom stereocenters. The summed E-state index contributed by atoms with van der Waals surface area (Å²) < 4.78 is 10.7. The van der Waals surface area contributed by atoms with Gasteiger partial charge in [-0.05, 0) is 38.2 Å². The largest absolute Gasteiger partial charge is 0.493 e. The summed E-state index contributed by atoms with van der Waals surface area (Å²) in [5, 5.41) is 2.95. The van der Waals surface area contributed by atoms with E-state index in [0.29, 0.717) is 29.2 Å². The maximum absolute atomic E-state index is 13.0. The summed E-state index contributed by atoms with van der Waals surface area (Å²) in [4.78, 5) is 27.6. The minimum Gasteiger partial charge on any atom is -0.493 e. The Morgan fingerprint density at radius 3 is 2.32 bits per heavy atom. The quantitative estimate of drug-likeness (QED) is 0.776. The third kappa shape index (κ3) is 4.89. The van der Waals surface area contributed by atoms with Gasteiger partial charge in [0.1, 0.15) is 0 Å². The SMILES string of the molecule is COc1cc(NC(=O)C2CCCC(N)C2)c(C(=O)N2CCCC2)cc1OC.Cl. The number of nitrogens with two attached hydrogens (primary N) is 1. The molecule has 2 fully saturated rings. The summed E-state index contributed by atoms with van der Waals surface area (Å²) in [6, 6.07) is 3.38. The maximum Gasteiger partial charge on any atom is 0.256 e. The number of anilines is 1. The molecule has 1 saturated carbocycles. The van der Waals surface area contributed by atoms with Gasteiger partial charge in [-0.2, -0.15) is 0 Å². The number of rotatable bonds is 5. The molecule has 2 aliphatic rings. The molecular formula is C20H30ClN3O4. The van der Waals surface area contributed by atoms with E-state index in [1.807, 2.05) is 4.90 Å². The summed E-state index contributed by atoms with van der Waals surface area (Å²) in [5.41, 5.74) is 6.92. The monoisotopic (exact) mass is 411 g/mol. The molecule has 0 spiro atoms. The maximum atomic E-state index is 13.0. The fraction of sp³-hybridized carbons (Fsp3) is 0.600. The number of nitrogens with zero attached hydrogens (tertiary/aromatic N) is 1. The lowest BCUT2D eigenvalue weighted by Crippen LogP contribution is -2.35. The molecule has 1 aromatic rings. The Morgan fingerprint density at radius 1 is 1.07 bits per heavy atom. The predicted octanol–water partition coefficient (Wildman–Crippen LogP) is 2.82. The number of hydrogen-bond donors (Lipinski definition) is 2. The van der Waals surface area contributed by atoms with Crippen molar-refractivity contribution in [1.29, 1.82) is 0 Å². The normalized spacial score (nSPS) is 21.6. The van der Waals surface area contributed by atoms with Crippen LogP contribution in [-0.4, -0.2) is 50.1 Å². The molecule has 0 radical (unpaired) electrons. The minimum absolute atomic E-state index is 0. The van der Waals surface area contributed by atoms with Gasteiger partial charge in [0.2, 0.25) is 5.91 Å². The first-order valence-electron chi connectivity index (χ1n) is 9.65. The van der Waals surface area contributed by atoms with E-state index in [1.54, 1.807) is 12.1 Å². The molecule has 7 nitrogen and oxygen atoms in total. The van der Waals surface area contributed by atoms with Crippen LogP contribution in [0.1, 0.15) is 48.9 Å². The molecular weight excluding hydrogens is 382 g/mol. The topological polar surface area (TPSA) is 93.9 Å². The molecule has 2 amide bonds. The van der Waals surface area contributed by atoms with Crippen LogP contribution in [0.3, 0.4) is 0 Å². The van der Waals surface area contributed by atoms with E-state index in [9.17, 15) is 9.59 Å². The second kappa shape index (κ2) is 9.98. The number of carbonyl (C=O) groups excluding carboxylic acids is 2. The number of amides is 2. The Bertz CT molecular complexity index is 707. The van der Waals surface area contributed by atoms with Gasteiger partial charge in [-0.25, -0.2) is 0 Å². The van der Waals surface area contributed by atoms with Gasteiger partial charge in [0.25, 0.3) is 5.91 Å². The lowest BCUT2D eigenvalue weighted by molar-refractivity contribution is -0.120. The van der Waals surface area contributed by atoms with Crippen molar-refractivity contribution in [3.63, 3.8) is 0 Å². The third-order valence-electron chi connectivity index (χ3n) is 5.49. The molecule has 1 aliphatic carbocycles. The molecule has 1 aliphatic heterocycles. The first kappa shape index (κ1) is 22.3. The average Bonchev–Trinajstić information content (AvgIpc) is 3.21. The summed E-state index contributed by atoms with van der Waals surface area (Å²) in [6.45, 7) is 1.47. The van der Waals surface area contributed by atoms with Gasteiger partial charge < -0.3 is 25.4 Å². The lowest BCUT2D eigenvalue weighted by atomic mass is 9.85. The number of methoxy groups -OCH3 is 2. The number of ether oxygens (including phenoxy) is 2. The van der Waals surface area contributed by atoms with E-state index in [-0.39, 0.29) is 36.2 Å². The minimum atomic E-state index is -0.128. The van der Waals surface area contributed by atoms with Gasteiger partial charge in [-0.3, -0.25) is 9.59 Å². The summed E-state index contributed by atoms with van der Waals surface area (Å²) >= 11 is 0. The summed E-state index contributed by atoms with van der Waals surface area (Å²) in [7, 11) is 3.06. The predicted molar refractivity (Wildman–Crippen MR) is 110 cm³/mol. The summed E-state index contributed by atoms with van der Waals surface area (Å²) in [5.74, 6) is 0.636. The second-order valence-corrected chi connectivity index (χ2v) is 7.36. The van der Waals surface area contributed by atoms with E-state index >= 15 is 0 Å². The van der Waals surface area contributed by atoms with Crippen LogP contribution in [0.15, 0.2) is 12.1 Å². The highest BCUT2D eigenvalue weighted by Crippen LogP contribution is 2.35. The van der Waals surface area contributed by atoms with E-state index in [2.05, 4.69) is 5.32 Å². The molecule has 2 unspecified atom stereocenters. The molecule has 1 saturated heterocycles. The van der Waals surface area contributed by atoms with Crippen molar-refractivity contribution < 1.29 is 19.1 Å². The molecule has 0 bridgehead atoms. The van der Waals surface area contributed by atoms with Crippen LogP contribution in [0.2, 0.25) is 0 Å². The number of carbonyl (C=O) groups is 2. The van der Waals surface area contributed by atoms with Crippen molar-refractivity contribution >= 4 is 29.9 Å². The molecule has 8 heteroatoms. The molecule has 3 rings (SSSR count). The van der Waals surface area contributed by atoms with Gasteiger partial charge in [-0.1, -0.05) is 6.42 Å². The Labute approximate surface area is 172 Å². The molecule has 0 aromatic heterocycles. The highest BCUT2D eigenvalue weighted by Gasteiger charge is 2.28. The summed E-state index contributed by atoms with van der Waals surface area (Å²) in [6.07, 6.45) is 5.40. The van der Waals surface area contributed by atoms with Crippen molar-refractivity contribution in [2.45, 2.75) is 44.6 Å². The number of benzene rings is 1. The zero-order valence-corrected chi connectivity index (χ0v) is 17.3. The van der Waals surface area contributed by atoms with E-state index in [4.69, 9.17) is 15.2 Å². The zero-order valence-electron chi connectivity index (χ0n) is 16.5. The Kier molecular flexibility index (Phi) is 7.95. The number of likely N-dealkylation sites (tertiary alicyclic amines) is 1. The van der Waals surface area contributed by atoms with Crippen LogP contribution in [0.5, 0.6) is 11.5 Å². The van der Waals surface area contributed by atoms with Crippen molar-refractivity contribution in [3.8, 4) is 11.5 Å². The van der Waals surface area contributed by atoms with Crippen LogP contribution in [-0.2, 0) is 4.79 Å². The van der Waals surface area contributed by atoms with Gasteiger partial charge in [0.05, 0.1) is 25.5 Å². The van der Waals surface area contributed by atoms with Gasteiger partial charge in [0.15, 0.2) is 11.5 Å². The average molecular weight is 412 g/mol. The van der Waals surface area contributed by atoms with E-state index in [1.165, 1.54) is 14.2 Å². The first-order valence-corrected chi connectivity index (χ1v) is 9.65. The van der Waals surface area contributed by atoms with Crippen LogP contribution < -0.4 is 20.5 Å². The van der Waals surface area contributed by atoms with E-state index < -0.39 is 0 Å². The van der Waals surface area contributed by atoms with Crippen LogP contribution >= 0.6 is 12.4 Å². The van der Waals surface area contributed by atoms with Crippen molar-refractivity contribution in [1.82, 2.24) is 4.90 Å². The van der Waals surface area contributed by atoms with Crippen LogP contribution in [0.25, 0.3) is 0 Å².